The highest BCUT2D eigenvalue weighted by Gasteiger charge is 2.15. The van der Waals surface area contributed by atoms with E-state index in [2.05, 4.69) is 10.5 Å². The number of amides is 1. The van der Waals surface area contributed by atoms with Gasteiger partial charge in [-0.3, -0.25) is 4.79 Å². The molecule has 0 fully saturated rings. The number of benzene rings is 2. The van der Waals surface area contributed by atoms with Crippen LogP contribution in [-0.4, -0.2) is 18.2 Å². The summed E-state index contributed by atoms with van der Waals surface area (Å²) in [7, 11) is 1.48. The van der Waals surface area contributed by atoms with Crippen molar-refractivity contribution < 1.29 is 23.2 Å². The van der Waals surface area contributed by atoms with Gasteiger partial charge < -0.3 is 19.3 Å². The van der Waals surface area contributed by atoms with E-state index in [9.17, 15) is 9.18 Å². The van der Waals surface area contributed by atoms with E-state index in [-0.39, 0.29) is 11.6 Å². The van der Waals surface area contributed by atoms with Gasteiger partial charge in [-0.1, -0.05) is 16.8 Å². The molecule has 2 aromatic carbocycles. The Morgan fingerprint density at radius 1 is 1.21 bits per heavy atom. The Kier molecular flexibility index (Phi) is 5.84. The van der Waals surface area contributed by atoms with Crippen molar-refractivity contribution >= 4 is 23.2 Å². The molecule has 1 N–H and O–H groups in total. The fourth-order valence-electron chi connectivity index (χ4n) is 2.56. The number of anilines is 1. The van der Waals surface area contributed by atoms with E-state index in [4.69, 9.17) is 25.6 Å². The summed E-state index contributed by atoms with van der Waals surface area (Å²) < 4.78 is 29.8. The summed E-state index contributed by atoms with van der Waals surface area (Å²) >= 11 is 5.65. The highest BCUT2D eigenvalue weighted by Crippen LogP contribution is 2.30. The van der Waals surface area contributed by atoms with Gasteiger partial charge in [0.05, 0.1) is 23.4 Å². The first-order valence-electron chi connectivity index (χ1n) is 8.38. The van der Waals surface area contributed by atoms with E-state index in [0.29, 0.717) is 28.5 Å². The number of rotatable bonds is 6. The number of nitrogens with zero attached hydrogens (tertiary/aromatic N) is 1. The first-order valence-corrected chi connectivity index (χ1v) is 8.76. The zero-order valence-corrected chi connectivity index (χ0v) is 16.3. The van der Waals surface area contributed by atoms with Crippen molar-refractivity contribution in [2.75, 3.05) is 12.4 Å². The van der Waals surface area contributed by atoms with E-state index in [1.54, 1.807) is 18.2 Å². The number of aryl methyl sites for hydroxylation is 2. The number of halogens is 2. The second-order valence-electron chi connectivity index (χ2n) is 6.04. The van der Waals surface area contributed by atoms with Crippen LogP contribution in [0.2, 0.25) is 5.02 Å². The molecule has 0 unspecified atom stereocenters. The lowest BCUT2D eigenvalue weighted by Gasteiger charge is -2.12. The SMILES string of the molecule is COc1cc(C(=O)Nc2ccc(Cl)c(F)c2)ccc1OCc1c(C)noc1C. The van der Waals surface area contributed by atoms with Crippen LogP contribution in [0.25, 0.3) is 0 Å². The highest BCUT2D eigenvalue weighted by molar-refractivity contribution is 6.30. The lowest BCUT2D eigenvalue weighted by Crippen LogP contribution is -2.12. The minimum Gasteiger partial charge on any atom is -0.493 e. The number of carbonyl (C=O) groups is 1. The summed E-state index contributed by atoms with van der Waals surface area (Å²) in [5, 5.41) is 6.48. The molecule has 0 aliphatic carbocycles. The number of methoxy groups -OCH3 is 1. The van der Waals surface area contributed by atoms with Crippen molar-refractivity contribution in [2.24, 2.45) is 0 Å². The zero-order valence-electron chi connectivity index (χ0n) is 15.5. The van der Waals surface area contributed by atoms with Gasteiger partial charge in [0.2, 0.25) is 0 Å². The van der Waals surface area contributed by atoms with Gasteiger partial charge >= 0.3 is 0 Å². The van der Waals surface area contributed by atoms with Gasteiger partial charge in [0, 0.05) is 11.3 Å². The molecule has 0 radical (unpaired) electrons. The molecule has 0 atom stereocenters. The normalized spacial score (nSPS) is 10.6. The topological polar surface area (TPSA) is 73.6 Å². The highest BCUT2D eigenvalue weighted by atomic mass is 35.5. The molecular weight excluding hydrogens is 387 g/mol. The molecule has 1 heterocycles. The molecule has 3 aromatic rings. The summed E-state index contributed by atoms with van der Waals surface area (Å²) in [4.78, 5) is 12.4. The minimum absolute atomic E-state index is 0.0144. The van der Waals surface area contributed by atoms with Crippen LogP contribution in [0.5, 0.6) is 11.5 Å². The Hall–Kier alpha value is -3.06. The van der Waals surface area contributed by atoms with Crippen LogP contribution < -0.4 is 14.8 Å². The van der Waals surface area contributed by atoms with Crippen LogP contribution in [0.4, 0.5) is 10.1 Å². The molecule has 0 aliphatic rings. The average Bonchev–Trinajstić information content (AvgIpc) is 3.00. The summed E-state index contributed by atoms with van der Waals surface area (Å²) in [5.74, 6) is 0.512. The monoisotopic (exact) mass is 404 g/mol. The first-order chi connectivity index (χ1) is 13.4. The van der Waals surface area contributed by atoms with E-state index in [0.717, 1.165) is 17.3 Å². The van der Waals surface area contributed by atoms with Crippen LogP contribution in [0.15, 0.2) is 40.9 Å². The third-order valence-corrected chi connectivity index (χ3v) is 4.46. The maximum atomic E-state index is 13.5. The fraction of sp³-hybridized carbons (Fsp3) is 0.200. The maximum absolute atomic E-state index is 13.5. The second-order valence-corrected chi connectivity index (χ2v) is 6.45. The molecule has 3 rings (SSSR count). The average molecular weight is 405 g/mol. The van der Waals surface area contributed by atoms with E-state index in [1.807, 2.05) is 13.8 Å². The Morgan fingerprint density at radius 2 is 2.00 bits per heavy atom. The number of aromatic nitrogens is 1. The van der Waals surface area contributed by atoms with Crippen molar-refractivity contribution in [3.63, 3.8) is 0 Å². The quantitative estimate of drug-likeness (QED) is 0.631. The summed E-state index contributed by atoms with van der Waals surface area (Å²) in [6.07, 6.45) is 0. The molecule has 0 bridgehead atoms. The van der Waals surface area contributed by atoms with Gasteiger partial charge in [0.25, 0.3) is 5.91 Å². The molecule has 0 spiro atoms. The van der Waals surface area contributed by atoms with Crippen LogP contribution >= 0.6 is 11.6 Å². The van der Waals surface area contributed by atoms with Gasteiger partial charge in [-0.05, 0) is 50.2 Å². The van der Waals surface area contributed by atoms with Gasteiger partial charge in [-0.25, -0.2) is 4.39 Å². The standard InChI is InChI=1S/C20H18ClFN2O4/c1-11-15(12(2)28-24-11)10-27-18-7-4-13(8-19(18)26-3)20(25)23-14-5-6-16(21)17(22)9-14/h4-9H,10H2,1-3H3,(H,23,25). The number of hydrogen-bond donors (Lipinski definition) is 1. The van der Waals surface area contributed by atoms with Crippen molar-refractivity contribution in [3.05, 3.63) is 69.8 Å². The predicted molar refractivity (Wildman–Crippen MR) is 103 cm³/mol. The van der Waals surface area contributed by atoms with Crippen LogP contribution in [-0.2, 0) is 6.61 Å². The van der Waals surface area contributed by atoms with E-state index >= 15 is 0 Å². The van der Waals surface area contributed by atoms with E-state index in [1.165, 1.54) is 19.2 Å². The molecule has 28 heavy (non-hydrogen) atoms. The molecule has 0 saturated heterocycles. The minimum atomic E-state index is -0.611. The number of hydrogen-bond acceptors (Lipinski definition) is 5. The second kappa shape index (κ2) is 8.31. The van der Waals surface area contributed by atoms with Crippen molar-refractivity contribution in [3.8, 4) is 11.5 Å². The van der Waals surface area contributed by atoms with Gasteiger partial charge in [-0.15, -0.1) is 0 Å². The van der Waals surface area contributed by atoms with Crippen LogP contribution in [0, 0.1) is 19.7 Å². The largest absolute Gasteiger partial charge is 0.493 e. The Bertz CT molecular complexity index is 1000. The van der Waals surface area contributed by atoms with Crippen LogP contribution in [0.1, 0.15) is 27.4 Å². The van der Waals surface area contributed by atoms with Gasteiger partial charge in [0.1, 0.15) is 18.2 Å². The third-order valence-electron chi connectivity index (χ3n) is 4.16. The Labute approximate surface area is 166 Å². The summed E-state index contributed by atoms with van der Waals surface area (Å²) in [5.41, 5.74) is 2.23. The summed E-state index contributed by atoms with van der Waals surface area (Å²) in [6, 6.07) is 8.81. The zero-order chi connectivity index (χ0) is 20.3. The molecule has 6 nitrogen and oxygen atoms in total. The van der Waals surface area contributed by atoms with Crippen LogP contribution in [0.3, 0.4) is 0 Å². The molecular formula is C20H18ClFN2O4. The Morgan fingerprint density at radius 3 is 2.64 bits per heavy atom. The maximum Gasteiger partial charge on any atom is 0.255 e. The summed E-state index contributed by atoms with van der Waals surface area (Å²) in [6.45, 7) is 3.90. The van der Waals surface area contributed by atoms with E-state index < -0.39 is 11.7 Å². The molecule has 8 heteroatoms. The number of carbonyl (C=O) groups excluding carboxylic acids is 1. The smallest absolute Gasteiger partial charge is 0.255 e. The molecule has 1 amide bonds. The van der Waals surface area contributed by atoms with Crippen molar-refractivity contribution in [2.45, 2.75) is 20.5 Å². The fourth-order valence-corrected chi connectivity index (χ4v) is 2.68. The lowest BCUT2D eigenvalue weighted by atomic mass is 10.1. The molecule has 146 valence electrons. The van der Waals surface area contributed by atoms with Crippen molar-refractivity contribution in [1.82, 2.24) is 5.16 Å². The molecule has 0 aliphatic heterocycles. The Balaban J connectivity index is 1.74. The van der Waals surface area contributed by atoms with Crippen molar-refractivity contribution in [1.29, 1.82) is 0 Å². The number of ether oxygens (including phenoxy) is 2. The van der Waals surface area contributed by atoms with Gasteiger partial charge in [-0.2, -0.15) is 0 Å². The number of nitrogens with one attached hydrogen (secondary N) is 1. The molecule has 0 saturated carbocycles. The first kappa shape index (κ1) is 19.7. The predicted octanol–water partition coefficient (Wildman–Crippen LogP) is 4.92. The lowest BCUT2D eigenvalue weighted by molar-refractivity contribution is 0.102. The third kappa shape index (κ3) is 4.26. The molecule has 1 aromatic heterocycles. The van der Waals surface area contributed by atoms with Gasteiger partial charge in [0.15, 0.2) is 11.5 Å².